The molecule has 0 bridgehead atoms. The average molecular weight is 551 g/mol. The van der Waals surface area contributed by atoms with E-state index in [1.54, 1.807) is 12.4 Å². The Morgan fingerprint density at radius 2 is 1.21 bits per heavy atom. The van der Waals surface area contributed by atoms with Crippen molar-refractivity contribution in [3.63, 3.8) is 0 Å². The van der Waals surface area contributed by atoms with Gasteiger partial charge in [0.2, 0.25) is 11.6 Å². The number of rotatable bonds is 6. The van der Waals surface area contributed by atoms with Crippen LogP contribution in [0.2, 0.25) is 0 Å². The highest BCUT2D eigenvalue weighted by molar-refractivity contribution is 5.78. The molecule has 10 heteroatoms. The van der Waals surface area contributed by atoms with E-state index < -0.39 is 0 Å². The Labute approximate surface area is 239 Å². The summed E-state index contributed by atoms with van der Waals surface area (Å²) in [7, 11) is 0. The summed E-state index contributed by atoms with van der Waals surface area (Å²) in [6.07, 6.45) is 5.37. The van der Waals surface area contributed by atoms with Gasteiger partial charge in [0.15, 0.2) is 0 Å². The largest absolute Gasteiger partial charge is 0.370 e. The van der Waals surface area contributed by atoms with Gasteiger partial charge in [-0.1, -0.05) is 46.7 Å². The highest BCUT2D eigenvalue weighted by Gasteiger charge is 2.30. The number of hydrogen-bond acceptors (Lipinski definition) is 10. The quantitative estimate of drug-likeness (QED) is 0.241. The summed E-state index contributed by atoms with van der Waals surface area (Å²) >= 11 is 0. The van der Waals surface area contributed by atoms with Gasteiger partial charge in [0, 0.05) is 58.5 Å². The lowest BCUT2D eigenvalue weighted by Crippen LogP contribution is -2.45. The Hall–Kier alpha value is -5.77. The first-order valence-electron chi connectivity index (χ1n) is 13.5. The van der Waals surface area contributed by atoms with Crippen molar-refractivity contribution < 1.29 is 9.05 Å². The summed E-state index contributed by atoms with van der Waals surface area (Å²) in [6, 6.07) is 27.7. The highest BCUT2D eigenvalue weighted by Crippen LogP contribution is 2.37. The lowest BCUT2D eigenvalue weighted by molar-refractivity contribution is 0.432. The number of benzene rings is 3. The lowest BCUT2D eigenvalue weighted by atomic mass is 9.91. The van der Waals surface area contributed by atoms with Crippen molar-refractivity contribution in [2.24, 2.45) is 0 Å². The molecule has 5 heterocycles. The van der Waals surface area contributed by atoms with Crippen LogP contribution in [0.15, 0.2) is 113 Å². The van der Waals surface area contributed by atoms with Gasteiger partial charge >= 0.3 is 0 Å². The third-order valence-corrected chi connectivity index (χ3v) is 7.46. The van der Waals surface area contributed by atoms with E-state index >= 15 is 0 Å². The number of pyridine rings is 1. The Balaban J connectivity index is 1.14. The zero-order valence-electron chi connectivity index (χ0n) is 22.2. The monoisotopic (exact) mass is 550 g/mol. The molecule has 0 atom stereocenters. The first-order chi connectivity index (χ1) is 20.8. The predicted molar refractivity (Wildman–Crippen MR) is 156 cm³/mol. The minimum atomic E-state index is 0.340. The fraction of sp³-hybridized carbons (Fsp3) is 0.0938. The number of fused-ring (bicyclic) bond motifs is 1. The van der Waals surface area contributed by atoms with E-state index in [9.17, 15) is 0 Å². The molecule has 7 aromatic rings. The molecule has 0 radical (unpaired) electrons. The molecule has 0 spiro atoms. The van der Waals surface area contributed by atoms with Crippen molar-refractivity contribution in [3.8, 4) is 45.7 Å². The van der Waals surface area contributed by atoms with E-state index in [2.05, 4.69) is 48.6 Å². The molecule has 0 unspecified atom stereocenters. The molecule has 8 rings (SSSR count). The van der Waals surface area contributed by atoms with Gasteiger partial charge in [0.05, 0.1) is 17.9 Å². The van der Waals surface area contributed by atoms with Crippen molar-refractivity contribution >= 4 is 16.6 Å². The molecule has 4 aromatic heterocycles. The Morgan fingerprint density at radius 1 is 0.619 bits per heavy atom. The molecule has 1 fully saturated rings. The fourth-order valence-corrected chi connectivity index (χ4v) is 5.16. The Bertz CT molecular complexity index is 1920. The van der Waals surface area contributed by atoms with Crippen LogP contribution in [0.25, 0.3) is 56.6 Å². The van der Waals surface area contributed by atoms with Crippen molar-refractivity contribution in [3.05, 3.63) is 109 Å². The molecule has 1 saturated heterocycles. The van der Waals surface area contributed by atoms with E-state index in [1.807, 2.05) is 72.9 Å². The maximum atomic E-state index is 5.62. The predicted octanol–water partition coefficient (Wildman–Crippen LogP) is 6.06. The number of aromatic nitrogens is 7. The molecular weight excluding hydrogens is 528 g/mol. The van der Waals surface area contributed by atoms with Crippen LogP contribution in [0, 0.1) is 0 Å². The molecule has 1 aliphatic heterocycles. The van der Waals surface area contributed by atoms with E-state index in [0.717, 1.165) is 51.9 Å². The summed E-state index contributed by atoms with van der Waals surface area (Å²) < 4.78 is 11.2. The van der Waals surface area contributed by atoms with Gasteiger partial charge in [-0.15, -0.1) is 0 Å². The molecule has 202 valence electrons. The smallest absolute Gasteiger partial charge is 0.258 e. The highest BCUT2D eigenvalue weighted by atomic mass is 16.5. The Morgan fingerprint density at radius 3 is 1.83 bits per heavy atom. The van der Waals surface area contributed by atoms with Crippen molar-refractivity contribution in [2.45, 2.75) is 5.92 Å². The van der Waals surface area contributed by atoms with E-state index in [0.29, 0.717) is 29.3 Å². The van der Waals surface area contributed by atoms with Crippen LogP contribution in [0.1, 0.15) is 11.5 Å². The van der Waals surface area contributed by atoms with Crippen molar-refractivity contribution in [2.75, 3.05) is 18.0 Å². The minimum Gasteiger partial charge on any atom is -0.370 e. The van der Waals surface area contributed by atoms with Gasteiger partial charge in [-0.05, 0) is 54.1 Å². The molecule has 0 aliphatic carbocycles. The van der Waals surface area contributed by atoms with Crippen LogP contribution < -0.4 is 4.90 Å². The third-order valence-electron chi connectivity index (χ3n) is 7.46. The first-order valence-corrected chi connectivity index (χ1v) is 13.5. The van der Waals surface area contributed by atoms with Crippen LogP contribution in [0.4, 0.5) is 5.69 Å². The summed E-state index contributed by atoms with van der Waals surface area (Å²) in [4.78, 5) is 16.3. The SMILES string of the molecule is c1ccc(-c2nc(-c3cc(-c4noc(-c5ccccc5)n4)cc(N4CC(c5cnc6cnncc6c5)C4)c3)no2)cc1. The van der Waals surface area contributed by atoms with Gasteiger partial charge in [-0.25, -0.2) is 0 Å². The first kappa shape index (κ1) is 24.1. The Kier molecular flexibility index (Phi) is 5.73. The normalized spacial score (nSPS) is 13.4. The molecule has 0 N–H and O–H groups in total. The van der Waals surface area contributed by atoms with Gasteiger partial charge in [0.25, 0.3) is 11.8 Å². The van der Waals surface area contributed by atoms with Gasteiger partial charge in [0.1, 0.15) is 0 Å². The van der Waals surface area contributed by atoms with Crippen LogP contribution >= 0.6 is 0 Å². The summed E-state index contributed by atoms with van der Waals surface area (Å²) in [5.74, 6) is 2.23. The zero-order valence-corrected chi connectivity index (χ0v) is 22.2. The molecule has 10 nitrogen and oxygen atoms in total. The van der Waals surface area contributed by atoms with Crippen LogP contribution in [0.5, 0.6) is 0 Å². The van der Waals surface area contributed by atoms with Crippen molar-refractivity contribution in [1.29, 1.82) is 0 Å². The number of nitrogens with zero attached hydrogens (tertiary/aromatic N) is 8. The molecule has 3 aromatic carbocycles. The second-order valence-electron chi connectivity index (χ2n) is 10.2. The zero-order chi connectivity index (χ0) is 27.9. The van der Waals surface area contributed by atoms with Gasteiger partial charge in [-0.2, -0.15) is 20.2 Å². The van der Waals surface area contributed by atoms with Gasteiger partial charge < -0.3 is 13.9 Å². The second-order valence-corrected chi connectivity index (χ2v) is 10.2. The number of anilines is 1. The summed E-state index contributed by atoms with van der Waals surface area (Å²) in [6.45, 7) is 1.66. The standard InChI is InChI=1S/C32H22N8O2/c1-3-7-20(8-4-1)31-36-29(38-41-31)22-11-23(30-37-32(42-39-30)21-9-5-2-6-10-21)14-27(13-22)40-18-26(19-40)24-12-25-16-34-35-17-28(25)33-15-24/h1-17,26H,18-19H2. The van der Waals surface area contributed by atoms with E-state index in [1.165, 1.54) is 5.56 Å². The summed E-state index contributed by atoms with van der Waals surface area (Å²) in [5, 5.41) is 17.5. The topological polar surface area (TPSA) is 120 Å². The fourth-order valence-electron chi connectivity index (χ4n) is 5.16. The number of hydrogen-bond donors (Lipinski definition) is 0. The molecule has 0 saturated carbocycles. The maximum absolute atomic E-state index is 5.62. The van der Waals surface area contributed by atoms with Crippen LogP contribution in [0.3, 0.4) is 0 Å². The van der Waals surface area contributed by atoms with Crippen LogP contribution in [-0.2, 0) is 0 Å². The average Bonchev–Trinajstić information content (AvgIpc) is 3.73. The van der Waals surface area contributed by atoms with Crippen molar-refractivity contribution in [1.82, 2.24) is 35.5 Å². The molecular formula is C32H22N8O2. The molecule has 42 heavy (non-hydrogen) atoms. The third kappa shape index (κ3) is 4.44. The molecule has 1 aliphatic rings. The van der Waals surface area contributed by atoms with Gasteiger partial charge in [-0.3, -0.25) is 4.98 Å². The van der Waals surface area contributed by atoms with E-state index in [4.69, 9.17) is 19.0 Å². The minimum absolute atomic E-state index is 0.340. The molecule has 0 amide bonds. The van der Waals surface area contributed by atoms with Crippen LogP contribution in [-0.4, -0.2) is 48.6 Å². The maximum Gasteiger partial charge on any atom is 0.258 e. The van der Waals surface area contributed by atoms with E-state index in [-0.39, 0.29) is 0 Å². The second kappa shape index (κ2) is 10.0. The lowest BCUT2D eigenvalue weighted by Gasteiger charge is -2.41. The summed E-state index contributed by atoms with van der Waals surface area (Å²) in [5.41, 5.74) is 6.35.